The van der Waals surface area contributed by atoms with Crippen molar-refractivity contribution in [3.63, 3.8) is 0 Å². The van der Waals surface area contributed by atoms with Crippen molar-refractivity contribution in [1.29, 1.82) is 0 Å². The van der Waals surface area contributed by atoms with Crippen LogP contribution in [0.4, 0.5) is 5.69 Å². The van der Waals surface area contributed by atoms with Gasteiger partial charge in [-0.15, -0.1) is 0 Å². The molecule has 0 radical (unpaired) electrons. The SMILES string of the molecule is COc1cc(NC(C2CC2)C2CC2)ccn1. The smallest absolute Gasteiger partial charge is 0.214 e. The van der Waals surface area contributed by atoms with E-state index >= 15 is 0 Å². The predicted molar refractivity (Wildman–Crippen MR) is 63.6 cm³/mol. The molecule has 1 heterocycles. The van der Waals surface area contributed by atoms with Crippen LogP contribution in [0.25, 0.3) is 0 Å². The lowest BCUT2D eigenvalue weighted by molar-refractivity contribution is 0.398. The van der Waals surface area contributed by atoms with Gasteiger partial charge in [0.1, 0.15) is 0 Å². The largest absolute Gasteiger partial charge is 0.481 e. The fourth-order valence-corrected chi connectivity index (χ4v) is 2.33. The van der Waals surface area contributed by atoms with Gasteiger partial charge >= 0.3 is 0 Å². The maximum Gasteiger partial charge on any atom is 0.214 e. The van der Waals surface area contributed by atoms with Crippen LogP contribution >= 0.6 is 0 Å². The highest BCUT2D eigenvalue weighted by Crippen LogP contribution is 2.45. The first-order valence-corrected chi connectivity index (χ1v) is 6.13. The van der Waals surface area contributed by atoms with Gasteiger partial charge in [0, 0.05) is 24.0 Å². The van der Waals surface area contributed by atoms with Crippen molar-refractivity contribution in [1.82, 2.24) is 4.98 Å². The molecule has 2 saturated carbocycles. The van der Waals surface area contributed by atoms with Crippen LogP contribution in [0, 0.1) is 11.8 Å². The van der Waals surface area contributed by atoms with E-state index in [1.807, 2.05) is 12.1 Å². The monoisotopic (exact) mass is 218 g/mol. The Morgan fingerprint density at radius 1 is 1.31 bits per heavy atom. The van der Waals surface area contributed by atoms with E-state index in [4.69, 9.17) is 4.74 Å². The molecule has 0 unspecified atom stereocenters. The molecule has 3 nitrogen and oxygen atoms in total. The molecule has 1 aromatic rings. The summed E-state index contributed by atoms with van der Waals surface area (Å²) in [6.07, 6.45) is 7.40. The summed E-state index contributed by atoms with van der Waals surface area (Å²) in [5.41, 5.74) is 1.15. The molecular weight excluding hydrogens is 200 g/mol. The Morgan fingerprint density at radius 3 is 2.56 bits per heavy atom. The van der Waals surface area contributed by atoms with Crippen LogP contribution in [-0.2, 0) is 0 Å². The van der Waals surface area contributed by atoms with Gasteiger partial charge in [-0.1, -0.05) is 0 Å². The molecule has 0 spiro atoms. The number of nitrogens with zero attached hydrogens (tertiary/aromatic N) is 1. The maximum atomic E-state index is 5.14. The van der Waals surface area contributed by atoms with Crippen molar-refractivity contribution < 1.29 is 4.74 Å². The lowest BCUT2D eigenvalue weighted by atomic mass is 10.1. The lowest BCUT2D eigenvalue weighted by Crippen LogP contribution is -2.24. The minimum absolute atomic E-state index is 0.687. The van der Waals surface area contributed by atoms with Crippen LogP contribution in [0.2, 0.25) is 0 Å². The van der Waals surface area contributed by atoms with Gasteiger partial charge in [-0.25, -0.2) is 4.98 Å². The Morgan fingerprint density at radius 2 is 2.00 bits per heavy atom. The van der Waals surface area contributed by atoms with Gasteiger partial charge in [0.25, 0.3) is 0 Å². The number of methoxy groups -OCH3 is 1. The average Bonchev–Trinajstić information content (AvgIpc) is 3.18. The van der Waals surface area contributed by atoms with E-state index < -0.39 is 0 Å². The van der Waals surface area contributed by atoms with Gasteiger partial charge in [-0.2, -0.15) is 0 Å². The van der Waals surface area contributed by atoms with E-state index in [9.17, 15) is 0 Å². The highest BCUT2D eigenvalue weighted by atomic mass is 16.5. The van der Waals surface area contributed by atoms with Gasteiger partial charge in [0.05, 0.1) is 7.11 Å². The molecule has 16 heavy (non-hydrogen) atoms. The molecule has 2 aliphatic rings. The van der Waals surface area contributed by atoms with E-state index in [-0.39, 0.29) is 0 Å². The molecule has 0 amide bonds. The quantitative estimate of drug-likeness (QED) is 0.825. The Hall–Kier alpha value is -1.25. The summed E-state index contributed by atoms with van der Waals surface area (Å²) in [5, 5.41) is 3.66. The zero-order valence-electron chi connectivity index (χ0n) is 9.65. The van der Waals surface area contributed by atoms with Gasteiger partial charge in [-0.05, 0) is 43.6 Å². The van der Waals surface area contributed by atoms with Gasteiger partial charge in [0.15, 0.2) is 0 Å². The minimum Gasteiger partial charge on any atom is -0.481 e. The third kappa shape index (κ3) is 2.13. The first-order valence-electron chi connectivity index (χ1n) is 6.13. The molecule has 0 bridgehead atoms. The number of ether oxygens (including phenoxy) is 1. The molecule has 2 fully saturated rings. The van der Waals surface area contributed by atoms with Gasteiger partial charge < -0.3 is 10.1 Å². The van der Waals surface area contributed by atoms with Crippen molar-refractivity contribution in [3.8, 4) is 5.88 Å². The normalized spacial score (nSPS) is 19.9. The third-order valence-electron chi connectivity index (χ3n) is 3.54. The molecule has 0 saturated heterocycles. The van der Waals surface area contributed by atoms with Crippen molar-refractivity contribution >= 4 is 5.69 Å². The summed E-state index contributed by atoms with van der Waals surface area (Å²) in [4.78, 5) is 4.12. The number of aromatic nitrogens is 1. The fourth-order valence-electron chi connectivity index (χ4n) is 2.33. The second kappa shape index (κ2) is 3.96. The molecule has 0 aromatic carbocycles. The summed E-state index contributed by atoms with van der Waals surface area (Å²) >= 11 is 0. The molecule has 1 N–H and O–H groups in total. The first kappa shape index (κ1) is 9.94. The summed E-state index contributed by atoms with van der Waals surface area (Å²) in [6.45, 7) is 0. The second-order valence-electron chi connectivity index (χ2n) is 4.93. The van der Waals surface area contributed by atoms with Gasteiger partial charge in [-0.3, -0.25) is 0 Å². The number of pyridine rings is 1. The molecular formula is C13H18N2O. The molecule has 86 valence electrons. The summed E-state index contributed by atoms with van der Waals surface area (Å²) in [7, 11) is 1.66. The van der Waals surface area contributed by atoms with Crippen molar-refractivity contribution in [2.24, 2.45) is 11.8 Å². The number of anilines is 1. The molecule has 3 rings (SSSR count). The standard InChI is InChI=1S/C13H18N2O/c1-16-12-8-11(6-7-14-12)15-13(9-2-3-9)10-4-5-10/h6-10,13H,2-5H2,1H3,(H,14,15). The Kier molecular flexibility index (Phi) is 2.46. The van der Waals surface area contributed by atoms with Crippen LogP contribution < -0.4 is 10.1 Å². The minimum atomic E-state index is 0.687. The first-order chi connectivity index (χ1) is 7.86. The Bertz CT molecular complexity index is 360. The van der Waals surface area contributed by atoms with Crippen molar-refractivity contribution in [3.05, 3.63) is 18.3 Å². The van der Waals surface area contributed by atoms with Crippen LogP contribution in [0.15, 0.2) is 18.3 Å². The van der Waals surface area contributed by atoms with E-state index in [1.54, 1.807) is 13.3 Å². The van der Waals surface area contributed by atoms with Crippen LogP contribution in [0.1, 0.15) is 25.7 Å². The molecule has 2 aliphatic carbocycles. The van der Waals surface area contributed by atoms with E-state index in [2.05, 4.69) is 10.3 Å². The number of rotatable bonds is 5. The molecule has 0 aliphatic heterocycles. The van der Waals surface area contributed by atoms with Crippen molar-refractivity contribution in [2.45, 2.75) is 31.7 Å². The Labute approximate surface area is 96.2 Å². The van der Waals surface area contributed by atoms with E-state index in [0.29, 0.717) is 11.9 Å². The van der Waals surface area contributed by atoms with Crippen LogP contribution in [0.3, 0.4) is 0 Å². The summed E-state index contributed by atoms with van der Waals surface area (Å²) in [5.74, 6) is 2.51. The number of hydrogen-bond donors (Lipinski definition) is 1. The highest BCUT2D eigenvalue weighted by Gasteiger charge is 2.41. The summed E-state index contributed by atoms with van der Waals surface area (Å²) < 4.78 is 5.14. The average molecular weight is 218 g/mol. The predicted octanol–water partition coefficient (Wildman–Crippen LogP) is 2.69. The van der Waals surface area contributed by atoms with Crippen LogP contribution in [0.5, 0.6) is 5.88 Å². The zero-order chi connectivity index (χ0) is 11.0. The summed E-state index contributed by atoms with van der Waals surface area (Å²) in [6, 6.07) is 4.70. The second-order valence-corrected chi connectivity index (χ2v) is 4.93. The van der Waals surface area contributed by atoms with Crippen molar-refractivity contribution in [2.75, 3.05) is 12.4 Å². The third-order valence-corrected chi connectivity index (χ3v) is 3.54. The molecule has 1 aromatic heterocycles. The zero-order valence-corrected chi connectivity index (χ0v) is 9.65. The van der Waals surface area contributed by atoms with Crippen LogP contribution in [-0.4, -0.2) is 18.1 Å². The molecule has 0 atom stereocenters. The fraction of sp³-hybridized carbons (Fsp3) is 0.615. The number of nitrogens with one attached hydrogen (secondary N) is 1. The van der Waals surface area contributed by atoms with E-state index in [0.717, 1.165) is 17.5 Å². The topological polar surface area (TPSA) is 34.1 Å². The number of hydrogen-bond acceptors (Lipinski definition) is 3. The highest BCUT2D eigenvalue weighted by molar-refractivity contribution is 5.46. The Balaban J connectivity index is 1.70. The van der Waals surface area contributed by atoms with Gasteiger partial charge in [0.2, 0.25) is 5.88 Å². The lowest BCUT2D eigenvalue weighted by Gasteiger charge is -2.19. The molecule has 3 heteroatoms. The maximum absolute atomic E-state index is 5.14. The van der Waals surface area contributed by atoms with E-state index in [1.165, 1.54) is 25.7 Å².